The zero-order chi connectivity index (χ0) is 13.8. The van der Waals surface area contributed by atoms with Gasteiger partial charge in [-0.15, -0.1) is 0 Å². The molecule has 7 heteroatoms. The zero-order valence-corrected chi connectivity index (χ0v) is 12.3. The van der Waals surface area contributed by atoms with Crippen LogP contribution in [0.1, 0.15) is 20.8 Å². The fourth-order valence-corrected chi connectivity index (χ4v) is 3.30. The molecule has 1 rings (SSSR count). The molecule has 0 fully saturated rings. The van der Waals surface area contributed by atoms with E-state index in [-0.39, 0.29) is 4.90 Å². The highest BCUT2D eigenvalue weighted by atomic mass is 35.5. The van der Waals surface area contributed by atoms with E-state index in [2.05, 4.69) is 10.3 Å². The van der Waals surface area contributed by atoms with Crippen molar-refractivity contribution in [3.05, 3.63) is 17.3 Å². The fraction of sp³-hybridized carbons (Fsp3) is 0.545. The number of aromatic nitrogens is 1. The molecule has 0 aliphatic rings. The van der Waals surface area contributed by atoms with Crippen LogP contribution in [0.5, 0.6) is 0 Å². The van der Waals surface area contributed by atoms with E-state index in [1.165, 1.54) is 16.6 Å². The molecule has 0 radical (unpaired) electrons. The van der Waals surface area contributed by atoms with Crippen LogP contribution < -0.4 is 5.32 Å². The lowest BCUT2D eigenvalue weighted by molar-refractivity contribution is 0.445. The van der Waals surface area contributed by atoms with E-state index in [9.17, 15) is 8.42 Å². The molecule has 0 saturated heterocycles. The Hall–Kier alpha value is -0.850. The molecule has 0 atom stereocenters. The van der Waals surface area contributed by atoms with Crippen LogP contribution in [0, 0.1) is 0 Å². The van der Waals surface area contributed by atoms with Crippen molar-refractivity contribution in [3.63, 3.8) is 0 Å². The Labute approximate surface area is 113 Å². The lowest BCUT2D eigenvalue weighted by Gasteiger charge is -2.18. The van der Waals surface area contributed by atoms with Crippen LogP contribution in [-0.2, 0) is 10.0 Å². The van der Waals surface area contributed by atoms with E-state index in [0.29, 0.717) is 30.5 Å². The highest BCUT2D eigenvalue weighted by Gasteiger charge is 2.22. The zero-order valence-electron chi connectivity index (χ0n) is 10.8. The highest BCUT2D eigenvalue weighted by molar-refractivity contribution is 7.89. The Bertz CT molecular complexity index is 501. The summed E-state index contributed by atoms with van der Waals surface area (Å²) in [6.45, 7) is 7.02. The van der Waals surface area contributed by atoms with Crippen molar-refractivity contribution in [1.29, 1.82) is 0 Å². The first-order chi connectivity index (χ1) is 8.47. The number of hydrogen-bond acceptors (Lipinski definition) is 4. The smallest absolute Gasteiger partial charge is 0.244 e. The summed E-state index contributed by atoms with van der Waals surface area (Å²) in [6, 6.07) is 1.43. The molecule has 0 unspecified atom stereocenters. The van der Waals surface area contributed by atoms with Crippen molar-refractivity contribution in [2.75, 3.05) is 25.0 Å². The van der Waals surface area contributed by atoms with E-state index in [4.69, 9.17) is 11.6 Å². The van der Waals surface area contributed by atoms with Gasteiger partial charge < -0.3 is 5.32 Å². The Morgan fingerprint density at radius 3 is 2.39 bits per heavy atom. The molecule has 0 aliphatic carbocycles. The second-order valence-electron chi connectivity index (χ2n) is 3.62. The minimum Gasteiger partial charge on any atom is -0.369 e. The van der Waals surface area contributed by atoms with Gasteiger partial charge in [0.05, 0.1) is 5.02 Å². The molecule has 1 aromatic heterocycles. The van der Waals surface area contributed by atoms with Gasteiger partial charge in [0.2, 0.25) is 10.0 Å². The number of anilines is 1. The Kier molecular flexibility index (Phi) is 5.37. The average Bonchev–Trinajstić information content (AvgIpc) is 2.33. The summed E-state index contributed by atoms with van der Waals surface area (Å²) < 4.78 is 25.8. The van der Waals surface area contributed by atoms with Gasteiger partial charge in [-0.3, -0.25) is 0 Å². The minimum absolute atomic E-state index is 0.123. The largest absolute Gasteiger partial charge is 0.369 e. The van der Waals surface area contributed by atoms with Gasteiger partial charge in [0, 0.05) is 25.8 Å². The van der Waals surface area contributed by atoms with E-state index in [1.807, 2.05) is 6.92 Å². The van der Waals surface area contributed by atoms with Crippen molar-refractivity contribution >= 4 is 27.4 Å². The van der Waals surface area contributed by atoms with E-state index in [1.54, 1.807) is 13.8 Å². The van der Waals surface area contributed by atoms with Gasteiger partial charge in [0.1, 0.15) is 10.7 Å². The Balaban J connectivity index is 3.15. The quantitative estimate of drug-likeness (QED) is 0.873. The molecule has 18 heavy (non-hydrogen) atoms. The maximum atomic E-state index is 12.2. The van der Waals surface area contributed by atoms with Gasteiger partial charge in [-0.2, -0.15) is 4.31 Å². The lowest BCUT2D eigenvalue weighted by Crippen LogP contribution is -2.30. The third-order valence-corrected chi connectivity index (χ3v) is 4.81. The van der Waals surface area contributed by atoms with E-state index in [0.717, 1.165) is 0 Å². The second-order valence-corrected chi connectivity index (χ2v) is 5.97. The molecular weight excluding hydrogens is 274 g/mol. The summed E-state index contributed by atoms with van der Waals surface area (Å²) in [4.78, 5) is 4.16. The topological polar surface area (TPSA) is 62.3 Å². The number of nitrogens with one attached hydrogen (secondary N) is 1. The molecule has 102 valence electrons. The molecule has 0 aliphatic heterocycles. The van der Waals surface area contributed by atoms with Crippen LogP contribution in [0.25, 0.3) is 0 Å². The third-order valence-electron chi connectivity index (χ3n) is 2.50. The number of nitrogens with zero attached hydrogens (tertiary/aromatic N) is 2. The van der Waals surface area contributed by atoms with Gasteiger partial charge in [-0.1, -0.05) is 25.4 Å². The van der Waals surface area contributed by atoms with E-state index < -0.39 is 10.0 Å². The predicted molar refractivity (Wildman–Crippen MR) is 73.5 cm³/mol. The SMILES string of the molecule is CCNc1ncc(S(=O)(=O)N(CC)CC)cc1Cl. The molecule has 1 N–H and O–H groups in total. The summed E-state index contributed by atoms with van der Waals surface area (Å²) in [7, 11) is -3.50. The van der Waals surface area contributed by atoms with Crippen LogP contribution in [0.3, 0.4) is 0 Å². The summed E-state index contributed by atoms with van der Waals surface area (Å²) in [5, 5.41) is 3.27. The van der Waals surface area contributed by atoms with Crippen LogP contribution in [0.15, 0.2) is 17.2 Å². The van der Waals surface area contributed by atoms with Crippen LogP contribution in [0.2, 0.25) is 5.02 Å². The third kappa shape index (κ3) is 3.13. The molecular formula is C11H18ClN3O2S. The number of rotatable bonds is 6. The van der Waals surface area contributed by atoms with Gasteiger partial charge in [-0.05, 0) is 13.0 Å². The monoisotopic (exact) mass is 291 g/mol. The van der Waals surface area contributed by atoms with Crippen molar-refractivity contribution < 1.29 is 8.42 Å². The van der Waals surface area contributed by atoms with Crippen molar-refractivity contribution in [1.82, 2.24) is 9.29 Å². The number of sulfonamides is 1. The maximum absolute atomic E-state index is 12.2. The predicted octanol–water partition coefficient (Wildman–Crippen LogP) is 2.20. The molecule has 0 aromatic carbocycles. The molecule has 0 amide bonds. The first-order valence-electron chi connectivity index (χ1n) is 5.86. The van der Waals surface area contributed by atoms with Gasteiger partial charge in [0.15, 0.2) is 0 Å². The molecule has 0 spiro atoms. The van der Waals surface area contributed by atoms with Crippen LogP contribution >= 0.6 is 11.6 Å². The minimum atomic E-state index is -3.50. The Morgan fingerprint density at radius 2 is 1.94 bits per heavy atom. The van der Waals surface area contributed by atoms with Crippen molar-refractivity contribution in [2.45, 2.75) is 25.7 Å². The number of hydrogen-bond donors (Lipinski definition) is 1. The van der Waals surface area contributed by atoms with Crippen LogP contribution in [-0.4, -0.2) is 37.3 Å². The summed E-state index contributed by atoms with van der Waals surface area (Å²) in [5.41, 5.74) is 0. The molecule has 5 nitrogen and oxygen atoms in total. The van der Waals surface area contributed by atoms with Gasteiger partial charge >= 0.3 is 0 Å². The summed E-state index contributed by atoms with van der Waals surface area (Å²) in [6.07, 6.45) is 1.33. The standard InChI is InChI=1S/C11H18ClN3O2S/c1-4-13-11-10(12)7-9(8-14-11)18(16,17)15(5-2)6-3/h7-8H,4-6H2,1-3H3,(H,13,14). The molecule has 0 saturated carbocycles. The van der Waals surface area contributed by atoms with Gasteiger partial charge in [0.25, 0.3) is 0 Å². The second kappa shape index (κ2) is 6.36. The molecule has 1 aromatic rings. The average molecular weight is 292 g/mol. The first-order valence-corrected chi connectivity index (χ1v) is 7.68. The molecule has 1 heterocycles. The first kappa shape index (κ1) is 15.2. The highest BCUT2D eigenvalue weighted by Crippen LogP contribution is 2.24. The van der Waals surface area contributed by atoms with Crippen molar-refractivity contribution in [2.24, 2.45) is 0 Å². The number of pyridine rings is 1. The van der Waals surface area contributed by atoms with Gasteiger partial charge in [-0.25, -0.2) is 13.4 Å². The molecule has 0 bridgehead atoms. The Morgan fingerprint density at radius 1 is 1.33 bits per heavy atom. The number of halogens is 1. The normalized spacial score (nSPS) is 11.8. The lowest BCUT2D eigenvalue weighted by atomic mass is 10.4. The van der Waals surface area contributed by atoms with Crippen molar-refractivity contribution in [3.8, 4) is 0 Å². The summed E-state index contributed by atoms with van der Waals surface area (Å²) in [5.74, 6) is 0.498. The van der Waals surface area contributed by atoms with Crippen LogP contribution in [0.4, 0.5) is 5.82 Å². The van der Waals surface area contributed by atoms with E-state index >= 15 is 0 Å². The fourth-order valence-electron chi connectivity index (χ4n) is 1.57. The maximum Gasteiger partial charge on any atom is 0.244 e. The summed E-state index contributed by atoms with van der Waals surface area (Å²) >= 11 is 6.00.